The Balaban J connectivity index is 2.34. The van der Waals surface area contributed by atoms with Gasteiger partial charge in [0, 0.05) is 25.9 Å². The molecule has 0 aliphatic carbocycles. The van der Waals surface area contributed by atoms with E-state index in [1.54, 1.807) is 74.5 Å². The molecule has 27 nitrogen and oxygen atoms in total. The van der Waals surface area contributed by atoms with Crippen molar-refractivity contribution >= 4 is 65.2 Å². The number of amides is 7. The molecule has 0 bridgehead atoms. The van der Waals surface area contributed by atoms with Crippen molar-refractivity contribution in [3.63, 3.8) is 0 Å². The summed E-state index contributed by atoms with van der Waals surface area (Å²) in [6.07, 6.45) is -0.512. The Morgan fingerprint density at radius 3 is 1.37 bits per heavy atom. The third-order valence-corrected chi connectivity index (χ3v) is 11.1. The van der Waals surface area contributed by atoms with E-state index in [2.05, 4.69) is 47.2 Å². The van der Waals surface area contributed by atoms with Crippen molar-refractivity contribution < 1.29 is 63.6 Å². The minimum Gasteiger partial charge on any atom is -0.481 e. The van der Waals surface area contributed by atoms with Gasteiger partial charge in [0.1, 0.15) is 42.3 Å². The highest BCUT2D eigenvalue weighted by molar-refractivity contribution is 5.98. The first-order valence-corrected chi connectivity index (χ1v) is 23.3. The van der Waals surface area contributed by atoms with E-state index in [1.807, 2.05) is 0 Å². The van der Waals surface area contributed by atoms with Crippen LogP contribution in [-0.4, -0.2) is 160 Å². The van der Waals surface area contributed by atoms with Crippen LogP contribution in [0.5, 0.6) is 0 Å². The van der Waals surface area contributed by atoms with Crippen LogP contribution in [-0.2, 0) is 56.0 Å². The van der Waals surface area contributed by atoms with Crippen molar-refractivity contribution in [3.8, 4) is 0 Å². The number of guanidine groups is 2. The second-order valence-corrected chi connectivity index (χ2v) is 16.9. The molecule has 0 radical (unpaired) electrons. The number of aliphatic carboxylic acids is 2. The SMILES string of the molecule is CC[C@H](C)[C@H](NC(=O)[C@@H](N)CCCN=C(N)N)C(=O)N[C@@H](Cc1ccccc1)C(=O)N[C@@H](CCCN=C(N)N)C(=O)N[C@@H](CO)C(=O)N[C@@H](CO)C(=O)N[C@@H](CC(=O)O)C(=O)N[C@@H](Cc1ccccc1)C(=O)O. The number of aliphatic imine (C=N–C) groups is 2. The Morgan fingerprint density at radius 1 is 0.521 bits per heavy atom. The van der Waals surface area contributed by atoms with Gasteiger partial charge in [-0.3, -0.25) is 48.3 Å². The van der Waals surface area contributed by atoms with E-state index in [-0.39, 0.29) is 57.1 Å². The van der Waals surface area contributed by atoms with Crippen molar-refractivity contribution in [2.45, 2.75) is 114 Å². The van der Waals surface area contributed by atoms with Crippen molar-refractivity contribution in [2.75, 3.05) is 26.3 Å². The van der Waals surface area contributed by atoms with Gasteiger partial charge in [0.15, 0.2) is 11.9 Å². The van der Waals surface area contributed by atoms with Crippen LogP contribution in [0.15, 0.2) is 70.6 Å². The molecule has 21 N–H and O–H groups in total. The molecule has 0 aliphatic heterocycles. The highest BCUT2D eigenvalue weighted by atomic mass is 16.4. The summed E-state index contributed by atoms with van der Waals surface area (Å²) < 4.78 is 0. The maximum Gasteiger partial charge on any atom is 0.326 e. The number of nitrogens with zero attached hydrogens (tertiary/aromatic N) is 2. The first kappa shape index (κ1) is 61.2. The number of aliphatic hydroxyl groups excluding tert-OH is 2. The number of carbonyl (C=O) groups is 9. The second-order valence-electron chi connectivity index (χ2n) is 16.9. The summed E-state index contributed by atoms with van der Waals surface area (Å²) in [5, 5.41) is 56.2. The van der Waals surface area contributed by atoms with E-state index in [0.717, 1.165) is 0 Å². The minimum absolute atomic E-state index is 0.0268. The fourth-order valence-electron chi connectivity index (χ4n) is 6.89. The summed E-state index contributed by atoms with van der Waals surface area (Å²) in [5.41, 5.74) is 28.9. The quantitative estimate of drug-likeness (QED) is 0.0181. The lowest BCUT2D eigenvalue weighted by atomic mass is 9.96. The van der Waals surface area contributed by atoms with Gasteiger partial charge in [-0.2, -0.15) is 0 Å². The zero-order valence-electron chi connectivity index (χ0n) is 40.7. The van der Waals surface area contributed by atoms with Crippen LogP contribution in [0.25, 0.3) is 0 Å². The molecule has 0 saturated carbocycles. The Hall–Kier alpha value is -7.91. The van der Waals surface area contributed by atoms with Crippen LogP contribution < -0.4 is 65.9 Å². The zero-order chi connectivity index (χ0) is 54.6. The molecule has 0 aromatic heterocycles. The summed E-state index contributed by atoms with van der Waals surface area (Å²) in [4.78, 5) is 127. The summed E-state index contributed by atoms with van der Waals surface area (Å²) in [5.74, 6) is -11.0. The first-order valence-electron chi connectivity index (χ1n) is 23.3. The van der Waals surface area contributed by atoms with E-state index < -0.39 is 127 Å². The number of carboxylic acid groups (broad SMARTS) is 2. The maximum atomic E-state index is 14.2. The van der Waals surface area contributed by atoms with Crippen molar-refractivity contribution in [3.05, 3.63) is 71.8 Å². The number of hydrogen-bond donors (Lipinski definition) is 16. The predicted molar refractivity (Wildman–Crippen MR) is 265 cm³/mol. The zero-order valence-corrected chi connectivity index (χ0v) is 40.7. The molecule has 27 heteroatoms. The summed E-state index contributed by atoms with van der Waals surface area (Å²) >= 11 is 0. The van der Waals surface area contributed by atoms with Crippen LogP contribution in [0.4, 0.5) is 0 Å². The second kappa shape index (κ2) is 32.1. The van der Waals surface area contributed by atoms with Gasteiger partial charge in [-0.05, 0) is 42.7 Å². The van der Waals surface area contributed by atoms with E-state index in [0.29, 0.717) is 24.0 Å². The van der Waals surface area contributed by atoms with Crippen molar-refractivity contribution in [1.82, 2.24) is 37.2 Å². The Labute approximate surface area is 421 Å². The molecule has 0 heterocycles. The fourth-order valence-corrected chi connectivity index (χ4v) is 6.89. The average molecular weight is 1030 g/mol. The molecule has 0 unspecified atom stereocenters. The van der Waals surface area contributed by atoms with Gasteiger partial charge in [0.05, 0.1) is 25.7 Å². The van der Waals surface area contributed by atoms with E-state index in [1.165, 1.54) is 0 Å². The Morgan fingerprint density at radius 2 is 0.918 bits per heavy atom. The first-order chi connectivity index (χ1) is 34.6. The van der Waals surface area contributed by atoms with Crippen LogP contribution in [0.2, 0.25) is 0 Å². The largest absolute Gasteiger partial charge is 0.481 e. The van der Waals surface area contributed by atoms with Gasteiger partial charge in [0.25, 0.3) is 0 Å². The lowest BCUT2D eigenvalue weighted by Gasteiger charge is -2.29. The van der Waals surface area contributed by atoms with Crippen LogP contribution in [0.1, 0.15) is 63.5 Å². The van der Waals surface area contributed by atoms with Crippen molar-refractivity contribution in [1.29, 1.82) is 0 Å². The molecule has 2 rings (SSSR count). The number of aliphatic hydroxyl groups is 2. The summed E-state index contributed by atoms with van der Waals surface area (Å²) in [7, 11) is 0. The molecule has 2 aromatic carbocycles. The average Bonchev–Trinajstić information content (AvgIpc) is 3.35. The van der Waals surface area contributed by atoms with Gasteiger partial charge >= 0.3 is 11.9 Å². The van der Waals surface area contributed by atoms with Gasteiger partial charge in [-0.15, -0.1) is 0 Å². The van der Waals surface area contributed by atoms with E-state index >= 15 is 0 Å². The van der Waals surface area contributed by atoms with Crippen LogP contribution in [0.3, 0.4) is 0 Å². The number of carbonyl (C=O) groups excluding carboxylic acids is 7. The number of rotatable bonds is 33. The number of nitrogens with two attached hydrogens (primary N) is 5. The molecule has 2 aromatic rings. The monoisotopic (exact) mass is 1030 g/mol. The molecular formula is C46H70N14O13. The summed E-state index contributed by atoms with van der Waals surface area (Å²) in [6.45, 7) is 1.44. The molecule has 0 saturated heterocycles. The van der Waals surface area contributed by atoms with E-state index in [9.17, 15) is 63.6 Å². The standard InChI is InChI=1S/C46H70N14O13/c1-3-25(2)36(60-37(65)28(47)16-10-18-52-45(48)49)43(71)56-30(20-26-12-6-4-7-13-26)39(67)54-29(17-11-19-53-46(50)51)38(66)58-34(24-62)42(70)59-33(23-61)41(69)55-31(22-35(63)64)40(68)57-32(44(72)73)21-27-14-8-5-9-15-27/h4-9,12-15,25,28-34,36,61-62H,3,10-11,16-24,47H2,1-2H3,(H,54,67)(H,55,69)(H,56,71)(H,57,68)(H,58,66)(H,59,70)(H,60,65)(H,63,64)(H,72,73)(H4,48,49,52)(H4,50,51,53)/t25-,28-,29-,30-,31-,32-,33-,34-,36-/m0/s1. The van der Waals surface area contributed by atoms with Crippen LogP contribution in [0, 0.1) is 5.92 Å². The fraction of sp³-hybridized carbons (Fsp3) is 0.500. The number of carboxylic acids is 2. The molecule has 73 heavy (non-hydrogen) atoms. The highest BCUT2D eigenvalue weighted by Crippen LogP contribution is 2.12. The smallest absolute Gasteiger partial charge is 0.326 e. The molecule has 402 valence electrons. The Bertz CT molecular complexity index is 2210. The normalized spacial score (nSPS) is 14.5. The van der Waals surface area contributed by atoms with Gasteiger partial charge in [-0.1, -0.05) is 80.9 Å². The topological polar surface area (TPSA) is 474 Å². The predicted octanol–water partition coefficient (Wildman–Crippen LogP) is -5.11. The lowest BCUT2D eigenvalue weighted by Crippen LogP contribution is -2.61. The third-order valence-electron chi connectivity index (χ3n) is 11.1. The molecule has 0 aliphatic rings. The van der Waals surface area contributed by atoms with Gasteiger partial charge in [0.2, 0.25) is 41.4 Å². The molecule has 9 atom stereocenters. The minimum atomic E-state index is -1.92. The van der Waals surface area contributed by atoms with Crippen LogP contribution >= 0.6 is 0 Å². The number of benzene rings is 2. The summed E-state index contributed by atoms with van der Waals surface area (Å²) in [6, 6.07) is 4.32. The Kier molecular flexibility index (Phi) is 26.9. The van der Waals surface area contributed by atoms with Crippen molar-refractivity contribution in [2.24, 2.45) is 44.6 Å². The lowest BCUT2D eigenvalue weighted by molar-refractivity contribution is -0.143. The molecular weight excluding hydrogens is 957 g/mol. The molecule has 7 amide bonds. The highest BCUT2D eigenvalue weighted by Gasteiger charge is 2.35. The maximum absolute atomic E-state index is 14.2. The van der Waals surface area contributed by atoms with E-state index in [4.69, 9.17) is 28.7 Å². The molecule has 0 spiro atoms. The number of nitrogens with one attached hydrogen (secondary N) is 7. The molecule has 0 fully saturated rings. The van der Waals surface area contributed by atoms with Gasteiger partial charge in [-0.25, -0.2) is 4.79 Å². The third kappa shape index (κ3) is 22.8. The van der Waals surface area contributed by atoms with Gasteiger partial charge < -0.3 is 86.3 Å². The number of hydrogen-bond acceptors (Lipinski definition) is 14.